The fraction of sp³-hybridized carbons (Fsp3) is 0.438. The molecule has 0 aliphatic carbocycles. The van der Waals surface area contributed by atoms with E-state index in [4.69, 9.17) is 4.74 Å². The summed E-state index contributed by atoms with van der Waals surface area (Å²) in [7, 11) is 3.73. The van der Waals surface area contributed by atoms with Gasteiger partial charge in [-0.05, 0) is 25.6 Å². The molecule has 0 spiro atoms. The first kappa shape index (κ1) is 14.5. The number of ether oxygens (including phenoxy) is 1. The lowest BCUT2D eigenvalue weighted by molar-refractivity contribution is 0.385. The maximum absolute atomic E-state index is 5.53. The Morgan fingerprint density at radius 3 is 3.00 bits per heavy atom. The molecule has 21 heavy (non-hydrogen) atoms. The van der Waals surface area contributed by atoms with E-state index >= 15 is 0 Å². The Kier molecular flexibility index (Phi) is 4.22. The molecule has 0 fully saturated rings. The maximum atomic E-state index is 5.53. The highest BCUT2D eigenvalue weighted by atomic mass is 32.2. The van der Waals surface area contributed by atoms with Crippen LogP contribution >= 0.6 is 11.8 Å². The highest BCUT2D eigenvalue weighted by Crippen LogP contribution is 2.46. The third-order valence-corrected chi connectivity index (χ3v) is 5.32. The highest BCUT2D eigenvalue weighted by molar-refractivity contribution is 7.99. The van der Waals surface area contributed by atoms with Crippen LogP contribution in [0.25, 0.3) is 0 Å². The van der Waals surface area contributed by atoms with Crippen LogP contribution in [0.1, 0.15) is 30.1 Å². The van der Waals surface area contributed by atoms with Crippen LogP contribution in [0.2, 0.25) is 0 Å². The average Bonchev–Trinajstić information content (AvgIpc) is 3.13. The molecule has 0 radical (unpaired) electrons. The van der Waals surface area contributed by atoms with Crippen molar-refractivity contribution in [3.63, 3.8) is 0 Å². The first-order valence-corrected chi connectivity index (χ1v) is 8.27. The van der Waals surface area contributed by atoms with Crippen LogP contribution in [0.4, 0.5) is 0 Å². The molecule has 4 nitrogen and oxygen atoms in total. The van der Waals surface area contributed by atoms with Gasteiger partial charge in [-0.15, -0.1) is 11.8 Å². The number of likely N-dealkylation sites (N-methyl/N-ethyl adjacent to an activating group) is 1. The number of thioether (sulfide) groups is 1. The summed E-state index contributed by atoms with van der Waals surface area (Å²) in [5.41, 5.74) is 2.57. The topological polar surface area (TPSA) is 39.1 Å². The van der Waals surface area contributed by atoms with Crippen molar-refractivity contribution in [2.45, 2.75) is 30.3 Å². The van der Waals surface area contributed by atoms with Gasteiger partial charge in [0.25, 0.3) is 0 Å². The summed E-state index contributed by atoms with van der Waals surface area (Å²) in [5, 5.41) is 7.93. The molecule has 1 aliphatic heterocycles. The molecule has 1 aliphatic rings. The lowest BCUT2D eigenvalue weighted by Gasteiger charge is -2.25. The molecular weight excluding hydrogens is 282 g/mol. The summed E-state index contributed by atoms with van der Waals surface area (Å²) in [5.74, 6) is 2.39. The Hall–Kier alpha value is -1.46. The lowest BCUT2D eigenvalue weighted by Crippen LogP contribution is -2.27. The Balaban J connectivity index is 2.02. The summed E-state index contributed by atoms with van der Waals surface area (Å²) in [4.78, 5) is 1.39. The molecule has 2 heterocycles. The van der Waals surface area contributed by atoms with Gasteiger partial charge in [0.05, 0.1) is 25.0 Å². The van der Waals surface area contributed by atoms with Gasteiger partial charge in [-0.25, -0.2) is 0 Å². The largest absolute Gasteiger partial charge is 0.493 e. The smallest absolute Gasteiger partial charge is 0.161 e. The Labute approximate surface area is 129 Å². The molecule has 0 bridgehead atoms. The zero-order chi connectivity index (χ0) is 14.8. The van der Waals surface area contributed by atoms with Crippen LogP contribution in [0.5, 0.6) is 5.75 Å². The molecule has 1 N–H and O–H groups in total. The summed E-state index contributed by atoms with van der Waals surface area (Å²) >= 11 is 1.93. The second-order valence-corrected chi connectivity index (χ2v) is 6.20. The minimum atomic E-state index is 0.207. The van der Waals surface area contributed by atoms with Crippen molar-refractivity contribution < 1.29 is 4.74 Å². The van der Waals surface area contributed by atoms with E-state index in [1.807, 2.05) is 29.7 Å². The molecule has 112 valence electrons. The predicted octanol–water partition coefficient (Wildman–Crippen LogP) is 3.06. The van der Waals surface area contributed by atoms with Gasteiger partial charge in [-0.3, -0.25) is 4.68 Å². The van der Waals surface area contributed by atoms with Crippen molar-refractivity contribution in [1.29, 1.82) is 0 Å². The fourth-order valence-corrected chi connectivity index (χ4v) is 4.38. The van der Waals surface area contributed by atoms with E-state index < -0.39 is 0 Å². The predicted molar refractivity (Wildman–Crippen MR) is 86.2 cm³/mol. The first-order chi connectivity index (χ1) is 10.3. The second-order valence-electron chi connectivity index (χ2n) is 5.14. The number of nitrogens with one attached hydrogen (secondary N) is 1. The van der Waals surface area contributed by atoms with Crippen molar-refractivity contribution in [2.75, 3.05) is 19.9 Å². The number of aromatic nitrogens is 2. The molecule has 2 atom stereocenters. The molecule has 3 rings (SSSR count). The average molecular weight is 303 g/mol. The third kappa shape index (κ3) is 2.45. The number of aryl methyl sites for hydroxylation is 1. The van der Waals surface area contributed by atoms with Crippen molar-refractivity contribution in [3.05, 3.63) is 41.7 Å². The van der Waals surface area contributed by atoms with Crippen LogP contribution in [0.15, 0.2) is 35.4 Å². The van der Waals surface area contributed by atoms with Gasteiger partial charge in [-0.1, -0.05) is 18.2 Å². The summed E-state index contributed by atoms with van der Waals surface area (Å²) < 4.78 is 7.56. The SMILES string of the molecule is CCn1ncc(OC)c1C(NC)C1CSc2ccccc21. The van der Waals surface area contributed by atoms with Gasteiger partial charge in [0, 0.05) is 23.1 Å². The van der Waals surface area contributed by atoms with E-state index in [-0.39, 0.29) is 6.04 Å². The standard InChI is InChI=1S/C16H21N3OS/c1-4-19-16(13(20-3)9-18-19)15(17-2)12-10-21-14-8-6-5-7-11(12)14/h5-9,12,15,17H,4,10H2,1-3H3. The fourth-order valence-electron chi connectivity index (χ4n) is 3.09. The van der Waals surface area contributed by atoms with Crippen molar-refractivity contribution >= 4 is 11.8 Å². The van der Waals surface area contributed by atoms with Crippen LogP contribution in [-0.4, -0.2) is 29.7 Å². The molecule has 2 aromatic rings. The molecule has 0 saturated carbocycles. The minimum absolute atomic E-state index is 0.207. The Bertz CT molecular complexity index is 604. The monoisotopic (exact) mass is 303 g/mol. The van der Waals surface area contributed by atoms with E-state index in [0.717, 1.165) is 23.7 Å². The van der Waals surface area contributed by atoms with Gasteiger partial charge in [0.15, 0.2) is 5.75 Å². The molecule has 1 aromatic carbocycles. The molecule has 1 aromatic heterocycles. The zero-order valence-corrected chi connectivity index (χ0v) is 13.5. The molecule has 0 saturated heterocycles. The summed E-state index contributed by atoms with van der Waals surface area (Å²) in [6.07, 6.45) is 1.82. The number of fused-ring (bicyclic) bond motifs is 1. The number of hydrogen-bond acceptors (Lipinski definition) is 4. The first-order valence-electron chi connectivity index (χ1n) is 7.28. The molecule has 2 unspecified atom stereocenters. The maximum Gasteiger partial charge on any atom is 0.161 e. The van der Waals surface area contributed by atoms with Crippen LogP contribution in [-0.2, 0) is 6.54 Å². The number of methoxy groups -OCH3 is 1. The normalized spacial score (nSPS) is 18.5. The van der Waals surface area contributed by atoms with Crippen LogP contribution < -0.4 is 10.1 Å². The van der Waals surface area contributed by atoms with Crippen molar-refractivity contribution in [2.24, 2.45) is 0 Å². The Morgan fingerprint density at radius 2 is 2.29 bits per heavy atom. The number of nitrogens with zero attached hydrogens (tertiary/aromatic N) is 2. The van der Waals surface area contributed by atoms with Crippen LogP contribution in [0.3, 0.4) is 0 Å². The third-order valence-electron chi connectivity index (χ3n) is 4.11. The summed E-state index contributed by atoms with van der Waals surface area (Å²) in [6, 6.07) is 8.89. The van der Waals surface area contributed by atoms with E-state index in [1.54, 1.807) is 7.11 Å². The van der Waals surface area contributed by atoms with E-state index in [2.05, 4.69) is 41.6 Å². The van der Waals surface area contributed by atoms with Gasteiger partial charge >= 0.3 is 0 Å². The Morgan fingerprint density at radius 1 is 1.48 bits per heavy atom. The van der Waals surface area contributed by atoms with Crippen molar-refractivity contribution in [3.8, 4) is 5.75 Å². The number of benzene rings is 1. The quantitative estimate of drug-likeness (QED) is 0.921. The second kappa shape index (κ2) is 6.12. The number of hydrogen-bond donors (Lipinski definition) is 1. The van der Waals surface area contributed by atoms with Gasteiger partial charge in [0.1, 0.15) is 0 Å². The minimum Gasteiger partial charge on any atom is -0.493 e. The summed E-state index contributed by atoms with van der Waals surface area (Å²) in [6.45, 7) is 2.96. The van der Waals surface area contributed by atoms with Gasteiger partial charge in [0.2, 0.25) is 0 Å². The molecular formula is C16H21N3OS. The number of rotatable bonds is 5. The highest BCUT2D eigenvalue weighted by Gasteiger charge is 2.34. The lowest BCUT2D eigenvalue weighted by atomic mass is 9.91. The van der Waals surface area contributed by atoms with E-state index in [0.29, 0.717) is 5.92 Å². The van der Waals surface area contributed by atoms with Gasteiger partial charge in [-0.2, -0.15) is 5.10 Å². The van der Waals surface area contributed by atoms with Gasteiger partial charge < -0.3 is 10.1 Å². The van der Waals surface area contributed by atoms with E-state index in [9.17, 15) is 0 Å². The molecule has 5 heteroatoms. The van der Waals surface area contributed by atoms with Crippen LogP contribution in [0, 0.1) is 0 Å². The zero-order valence-electron chi connectivity index (χ0n) is 12.7. The van der Waals surface area contributed by atoms with Crippen molar-refractivity contribution in [1.82, 2.24) is 15.1 Å². The van der Waals surface area contributed by atoms with E-state index in [1.165, 1.54) is 10.5 Å². The molecule has 0 amide bonds.